The van der Waals surface area contributed by atoms with E-state index in [1.54, 1.807) is 7.11 Å². The highest BCUT2D eigenvalue weighted by Crippen LogP contribution is 2.34. The molecule has 3 rings (SSSR count). The summed E-state index contributed by atoms with van der Waals surface area (Å²) in [5.41, 5.74) is 2.80. The lowest BCUT2D eigenvalue weighted by Crippen LogP contribution is -2.27. The maximum absolute atomic E-state index is 6.18. The van der Waals surface area contributed by atoms with Crippen LogP contribution >= 0.6 is 11.6 Å². The summed E-state index contributed by atoms with van der Waals surface area (Å²) in [6.07, 6.45) is 0. The van der Waals surface area contributed by atoms with Crippen LogP contribution in [0.3, 0.4) is 0 Å². The van der Waals surface area contributed by atoms with Crippen molar-refractivity contribution >= 4 is 39.1 Å². The molecule has 0 saturated heterocycles. The molecule has 28 heavy (non-hydrogen) atoms. The normalized spacial score (nSPS) is 11.5. The van der Waals surface area contributed by atoms with Gasteiger partial charge in [-0.3, -0.25) is 0 Å². The highest BCUT2D eigenvalue weighted by Gasteiger charge is 2.11. The SMILES string of the molecule is CCN(CC)CCOCCNc1c2ccc(Cl)cc2nc2ccc(OC)cc12. The number of nitrogens with one attached hydrogen (secondary N) is 1. The smallest absolute Gasteiger partial charge is 0.119 e. The summed E-state index contributed by atoms with van der Waals surface area (Å²) in [4.78, 5) is 7.11. The molecule has 0 spiro atoms. The molecule has 0 radical (unpaired) electrons. The van der Waals surface area contributed by atoms with Gasteiger partial charge < -0.3 is 19.7 Å². The number of fused-ring (bicyclic) bond motifs is 2. The molecule has 0 fully saturated rings. The topological polar surface area (TPSA) is 46.6 Å². The molecule has 0 aliphatic heterocycles. The van der Waals surface area contributed by atoms with Gasteiger partial charge in [0.1, 0.15) is 5.75 Å². The molecular formula is C22H28ClN3O2. The fraction of sp³-hybridized carbons (Fsp3) is 0.409. The first-order valence-corrected chi connectivity index (χ1v) is 10.1. The second kappa shape index (κ2) is 9.92. The van der Waals surface area contributed by atoms with Gasteiger partial charge in [-0.2, -0.15) is 0 Å². The number of halogens is 1. The summed E-state index contributed by atoms with van der Waals surface area (Å²) >= 11 is 6.18. The first-order chi connectivity index (χ1) is 13.7. The highest BCUT2D eigenvalue weighted by atomic mass is 35.5. The lowest BCUT2D eigenvalue weighted by Gasteiger charge is -2.18. The van der Waals surface area contributed by atoms with Gasteiger partial charge in [0.25, 0.3) is 0 Å². The minimum Gasteiger partial charge on any atom is -0.497 e. The summed E-state index contributed by atoms with van der Waals surface area (Å²) in [6.45, 7) is 9.51. The Bertz CT molecular complexity index is 928. The number of pyridine rings is 1. The first kappa shape index (κ1) is 20.6. The van der Waals surface area contributed by atoms with Gasteiger partial charge in [0, 0.05) is 28.9 Å². The molecule has 150 valence electrons. The molecule has 2 aromatic carbocycles. The van der Waals surface area contributed by atoms with Crippen molar-refractivity contribution in [1.82, 2.24) is 9.88 Å². The number of aromatic nitrogens is 1. The van der Waals surface area contributed by atoms with Crippen LogP contribution < -0.4 is 10.1 Å². The minimum atomic E-state index is 0.643. The Hall–Kier alpha value is -2.08. The van der Waals surface area contributed by atoms with Crippen molar-refractivity contribution in [2.45, 2.75) is 13.8 Å². The third-order valence-corrected chi connectivity index (χ3v) is 5.17. The maximum Gasteiger partial charge on any atom is 0.119 e. The zero-order valence-electron chi connectivity index (χ0n) is 16.8. The van der Waals surface area contributed by atoms with Gasteiger partial charge >= 0.3 is 0 Å². The molecule has 1 heterocycles. The van der Waals surface area contributed by atoms with Crippen molar-refractivity contribution in [3.8, 4) is 5.75 Å². The molecule has 0 saturated carbocycles. The van der Waals surface area contributed by atoms with E-state index < -0.39 is 0 Å². The third kappa shape index (κ3) is 4.85. The zero-order valence-corrected chi connectivity index (χ0v) is 17.6. The van der Waals surface area contributed by atoms with Gasteiger partial charge in [0.15, 0.2) is 0 Å². The molecule has 1 aromatic heterocycles. The number of hydrogen-bond acceptors (Lipinski definition) is 5. The Labute approximate surface area is 171 Å². The third-order valence-electron chi connectivity index (χ3n) is 4.94. The van der Waals surface area contributed by atoms with E-state index in [0.29, 0.717) is 18.2 Å². The van der Waals surface area contributed by atoms with Crippen molar-refractivity contribution < 1.29 is 9.47 Å². The average Bonchev–Trinajstić information content (AvgIpc) is 2.72. The van der Waals surface area contributed by atoms with Crippen LogP contribution in [0.5, 0.6) is 5.75 Å². The van der Waals surface area contributed by atoms with E-state index >= 15 is 0 Å². The Morgan fingerprint density at radius 1 is 1.00 bits per heavy atom. The number of methoxy groups -OCH3 is 1. The van der Waals surface area contributed by atoms with Crippen molar-refractivity contribution in [2.75, 3.05) is 51.8 Å². The molecule has 3 aromatic rings. The van der Waals surface area contributed by atoms with Crippen molar-refractivity contribution in [3.63, 3.8) is 0 Å². The van der Waals surface area contributed by atoms with Crippen LogP contribution in [0.25, 0.3) is 21.8 Å². The fourth-order valence-corrected chi connectivity index (χ4v) is 3.46. The van der Waals surface area contributed by atoms with E-state index in [-0.39, 0.29) is 0 Å². The lowest BCUT2D eigenvalue weighted by molar-refractivity contribution is 0.114. The van der Waals surface area contributed by atoms with Crippen LogP contribution in [0.2, 0.25) is 5.02 Å². The largest absolute Gasteiger partial charge is 0.497 e. The van der Waals surface area contributed by atoms with Gasteiger partial charge in [-0.15, -0.1) is 0 Å². The van der Waals surface area contributed by atoms with Crippen molar-refractivity contribution in [2.24, 2.45) is 0 Å². The van der Waals surface area contributed by atoms with Crippen LogP contribution in [0.1, 0.15) is 13.8 Å². The van der Waals surface area contributed by atoms with E-state index in [2.05, 4.69) is 24.1 Å². The zero-order chi connectivity index (χ0) is 19.9. The van der Waals surface area contributed by atoms with E-state index in [1.165, 1.54) is 0 Å². The Morgan fingerprint density at radius 2 is 1.82 bits per heavy atom. The Balaban J connectivity index is 1.77. The summed E-state index contributed by atoms with van der Waals surface area (Å²) < 4.78 is 11.2. The fourth-order valence-electron chi connectivity index (χ4n) is 3.30. The molecule has 5 nitrogen and oxygen atoms in total. The first-order valence-electron chi connectivity index (χ1n) is 9.77. The number of anilines is 1. The molecule has 1 N–H and O–H groups in total. The lowest BCUT2D eigenvalue weighted by atomic mass is 10.1. The van der Waals surface area contributed by atoms with Crippen LogP contribution in [0.4, 0.5) is 5.69 Å². The molecular weight excluding hydrogens is 374 g/mol. The van der Waals surface area contributed by atoms with E-state index in [4.69, 9.17) is 26.1 Å². The second-order valence-electron chi connectivity index (χ2n) is 6.60. The van der Waals surface area contributed by atoms with E-state index in [0.717, 1.165) is 59.5 Å². The number of rotatable bonds is 10. The van der Waals surface area contributed by atoms with Gasteiger partial charge in [-0.1, -0.05) is 25.4 Å². The maximum atomic E-state index is 6.18. The standard InChI is InChI=1S/C22H28ClN3O2/c1-4-26(5-2)11-13-28-12-10-24-22-18-8-6-16(23)14-21(18)25-20-9-7-17(27-3)15-19(20)22/h6-9,14-15H,4-5,10-13H2,1-3H3,(H,24,25). The molecule has 0 bridgehead atoms. The number of ether oxygens (including phenoxy) is 2. The van der Waals surface area contributed by atoms with Crippen LogP contribution in [0.15, 0.2) is 36.4 Å². The van der Waals surface area contributed by atoms with Crippen molar-refractivity contribution in [1.29, 1.82) is 0 Å². The Morgan fingerprint density at radius 3 is 2.57 bits per heavy atom. The number of nitrogens with zero attached hydrogens (tertiary/aromatic N) is 2. The van der Waals surface area contributed by atoms with E-state index in [9.17, 15) is 0 Å². The van der Waals surface area contributed by atoms with Crippen LogP contribution in [0, 0.1) is 0 Å². The van der Waals surface area contributed by atoms with Gasteiger partial charge in [-0.25, -0.2) is 4.98 Å². The molecule has 6 heteroatoms. The number of benzene rings is 2. The number of hydrogen-bond donors (Lipinski definition) is 1. The van der Waals surface area contributed by atoms with Crippen LogP contribution in [-0.4, -0.2) is 56.4 Å². The molecule has 0 atom stereocenters. The second-order valence-corrected chi connectivity index (χ2v) is 7.03. The molecule has 0 aliphatic carbocycles. The predicted molar refractivity (Wildman–Crippen MR) is 118 cm³/mol. The molecule has 0 aliphatic rings. The van der Waals surface area contributed by atoms with Crippen molar-refractivity contribution in [3.05, 3.63) is 41.4 Å². The summed E-state index contributed by atoms with van der Waals surface area (Å²) in [7, 11) is 1.67. The van der Waals surface area contributed by atoms with Gasteiger partial charge in [0.05, 0.1) is 37.0 Å². The summed E-state index contributed by atoms with van der Waals surface area (Å²) in [5, 5.41) is 6.28. The minimum absolute atomic E-state index is 0.643. The monoisotopic (exact) mass is 401 g/mol. The highest BCUT2D eigenvalue weighted by molar-refractivity contribution is 6.31. The summed E-state index contributed by atoms with van der Waals surface area (Å²) in [6, 6.07) is 11.7. The van der Waals surface area contributed by atoms with Gasteiger partial charge in [-0.05, 0) is 49.5 Å². The predicted octanol–water partition coefficient (Wildman–Crippen LogP) is 4.82. The molecule has 0 unspecified atom stereocenters. The molecule has 0 amide bonds. The van der Waals surface area contributed by atoms with Crippen LogP contribution in [-0.2, 0) is 4.74 Å². The van der Waals surface area contributed by atoms with E-state index in [1.807, 2.05) is 36.4 Å². The quantitative estimate of drug-likeness (QED) is 0.390. The summed E-state index contributed by atoms with van der Waals surface area (Å²) in [5.74, 6) is 0.807. The average molecular weight is 402 g/mol. The van der Waals surface area contributed by atoms with Gasteiger partial charge in [0.2, 0.25) is 0 Å². The number of likely N-dealkylation sites (N-methyl/N-ethyl adjacent to an activating group) is 1. The Kier molecular flexibility index (Phi) is 7.31.